The van der Waals surface area contributed by atoms with Gasteiger partial charge in [0.1, 0.15) is 12.0 Å². The number of hydrogen-bond donors (Lipinski definition) is 1. The highest BCUT2D eigenvalue weighted by molar-refractivity contribution is 14.1. The summed E-state index contributed by atoms with van der Waals surface area (Å²) >= 11 is 8.01. The standard InChI is InChI=1S/C11H9ClIN5O4/c12-6-3-7(20-5-6)4-18-10(17-21-11(18)19)8-9(14-2-1-13)16-22-15-8/h3,5H,1-2,4H2,(H,14,16). The van der Waals surface area contributed by atoms with E-state index in [1.807, 2.05) is 0 Å². The van der Waals surface area contributed by atoms with Crippen LogP contribution in [-0.4, -0.2) is 31.0 Å². The fourth-order valence-corrected chi connectivity index (χ4v) is 2.22. The molecule has 1 N–H and O–H groups in total. The Bertz CT molecular complexity index is 822. The summed E-state index contributed by atoms with van der Waals surface area (Å²) in [6, 6.07) is 1.60. The van der Waals surface area contributed by atoms with Crippen LogP contribution in [0.1, 0.15) is 5.76 Å². The molecule has 0 spiro atoms. The van der Waals surface area contributed by atoms with Crippen molar-refractivity contribution in [2.24, 2.45) is 0 Å². The maximum Gasteiger partial charge on any atom is 0.442 e. The highest BCUT2D eigenvalue weighted by atomic mass is 127. The molecular formula is C11H9ClIN5O4. The van der Waals surface area contributed by atoms with Crippen molar-refractivity contribution < 1.29 is 13.6 Å². The zero-order chi connectivity index (χ0) is 15.5. The van der Waals surface area contributed by atoms with Crippen molar-refractivity contribution in [2.45, 2.75) is 6.54 Å². The van der Waals surface area contributed by atoms with Crippen molar-refractivity contribution in [3.8, 4) is 11.5 Å². The van der Waals surface area contributed by atoms with Gasteiger partial charge in [0.25, 0.3) is 0 Å². The second-order valence-electron chi connectivity index (χ2n) is 4.17. The van der Waals surface area contributed by atoms with Gasteiger partial charge >= 0.3 is 5.76 Å². The number of anilines is 1. The van der Waals surface area contributed by atoms with E-state index in [1.165, 1.54) is 10.8 Å². The molecule has 3 heterocycles. The number of halogens is 2. The monoisotopic (exact) mass is 437 g/mol. The van der Waals surface area contributed by atoms with E-state index in [4.69, 9.17) is 25.2 Å². The maximum atomic E-state index is 11.8. The molecule has 0 aromatic carbocycles. The molecular weight excluding hydrogens is 429 g/mol. The molecule has 0 saturated heterocycles. The molecule has 116 valence electrons. The van der Waals surface area contributed by atoms with Crippen molar-refractivity contribution in [1.29, 1.82) is 0 Å². The van der Waals surface area contributed by atoms with Crippen LogP contribution in [0, 0.1) is 0 Å². The third-order valence-electron chi connectivity index (χ3n) is 2.71. The van der Waals surface area contributed by atoms with Gasteiger partial charge in [-0.05, 0) is 10.3 Å². The Morgan fingerprint density at radius 2 is 2.23 bits per heavy atom. The van der Waals surface area contributed by atoms with E-state index < -0.39 is 5.76 Å². The van der Waals surface area contributed by atoms with Crippen LogP contribution < -0.4 is 11.1 Å². The first kappa shape index (κ1) is 15.1. The van der Waals surface area contributed by atoms with Crippen LogP contribution in [0.5, 0.6) is 0 Å². The summed E-state index contributed by atoms with van der Waals surface area (Å²) in [6.45, 7) is 0.765. The van der Waals surface area contributed by atoms with Crippen LogP contribution in [-0.2, 0) is 6.54 Å². The average molecular weight is 438 g/mol. The van der Waals surface area contributed by atoms with E-state index in [0.717, 1.165) is 4.43 Å². The molecule has 3 rings (SSSR count). The Balaban J connectivity index is 1.95. The third kappa shape index (κ3) is 3.02. The first-order chi connectivity index (χ1) is 10.7. The summed E-state index contributed by atoms with van der Waals surface area (Å²) in [5, 5.41) is 14.7. The van der Waals surface area contributed by atoms with Gasteiger partial charge in [0.15, 0.2) is 5.69 Å². The molecule has 0 unspecified atom stereocenters. The lowest BCUT2D eigenvalue weighted by atomic mass is 10.3. The van der Waals surface area contributed by atoms with Gasteiger partial charge in [0.05, 0.1) is 11.6 Å². The molecule has 11 heteroatoms. The quantitative estimate of drug-likeness (QED) is 0.460. The summed E-state index contributed by atoms with van der Waals surface area (Å²) < 4.78 is 16.7. The minimum atomic E-state index is -0.648. The Morgan fingerprint density at radius 3 is 2.95 bits per heavy atom. The zero-order valence-electron chi connectivity index (χ0n) is 11.0. The van der Waals surface area contributed by atoms with Crippen LogP contribution >= 0.6 is 34.2 Å². The molecule has 0 fully saturated rings. The summed E-state index contributed by atoms with van der Waals surface area (Å²) in [6.07, 6.45) is 1.38. The van der Waals surface area contributed by atoms with E-state index in [9.17, 15) is 4.79 Å². The van der Waals surface area contributed by atoms with Crippen molar-refractivity contribution in [3.05, 3.63) is 33.7 Å². The third-order valence-corrected chi connectivity index (χ3v) is 3.45. The van der Waals surface area contributed by atoms with Crippen molar-refractivity contribution in [3.63, 3.8) is 0 Å². The second-order valence-corrected chi connectivity index (χ2v) is 5.68. The fraction of sp³-hybridized carbons (Fsp3) is 0.273. The highest BCUT2D eigenvalue weighted by Gasteiger charge is 2.22. The molecule has 0 atom stereocenters. The molecule has 0 aliphatic carbocycles. The molecule has 22 heavy (non-hydrogen) atoms. The summed E-state index contributed by atoms with van der Waals surface area (Å²) in [5.74, 6) is 0.408. The van der Waals surface area contributed by atoms with Gasteiger partial charge in [-0.3, -0.25) is 4.52 Å². The largest absolute Gasteiger partial charge is 0.466 e. The number of hydrogen-bond acceptors (Lipinski definition) is 8. The smallest absolute Gasteiger partial charge is 0.442 e. The molecule has 0 radical (unpaired) electrons. The van der Waals surface area contributed by atoms with E-state index in [1.54, 1.807) is 6.07 Å². The van der Waals surface area contributed by atoms with E-state index in [2.05, 4.69) is 43.4 Å². The van der Waals surface area contributed by atoms with Crippen LogP contribution in [0.25, 0.3) is 11.5 Å². The lowest BCUT2D eigenvalue weighted by Crippen LogP contribution is -2.16. The lowest BCUT2D eigenvalue weighted by molar-refractivity contribution is 0.309. The predicted molar refractivity (Wildman–Crippen MR) is 84.3 cm³/mol. The first-order valence-corrected chi connectivity index (χ1v) is 8.01. The summed E-state index contributed by atoms with van der Waals surface area (Å²) in [7, 11) is 0. The average Bonchev–Trinajstić information content (AvgIpc) is 3.20. The topological polar surface area (TPSA) is 112 Å². The van der Waals surface area contributed by atoms with Gasteiger partial charge in [-0.15, -0.1) is 0 Å². The number of aromatic nitrogens is 4. The van der Waals surface area contributed by atoms with E-state index >= 15 is 0 Å². The summed E-state index contributed by atoms with van der Waals surface area (Å²) in [5.41, 5.74) is 0.286. The van der Waals surface area contributed by atoms with E-state index in [-0.39, 0.29) is 18.1 Å². The second kappa shape index (κ2) is 6.52. The van der Waals surface area contributed by atoms with Crippen LogP contribution in [0.2, 0.25) is 5.02 Å². The molecule has 0 aliphatic rings. The SMILES string of the molecule is O=c1onc(-c2nonc2NCCI)n1Cc1cc(Cl)co1. The van der Waals surface area contributed by atoms with Gasteiger partial charge in [-0.25, -0.2) is 14.0 Å². The van der Waals surface area contributed by atoms with Gasteiger partial charge < -0.3 is 9.73 Å². The Morgan fingerprint density at radius 1 is 1.36 bits per heavy atom. The molecule has 3 aromatic rings. The van der Waals surface area contributed by atoms with Crippen LogP contribution in [0.4, 0.5) is 5.82 Å². The Labute approximate surface area is 141 Å². The first-order valence-electron chi connectivity index (χ1n) is 6.11. The molecule has 0 aliphatic heterocycles. The minimum Gasteiger partial charge on any atom is -0.466 e. The lowest BCUT2D eigenvalue weighted by Gasteiger charge is -2.02. The molecule has 3 aromatic heterocycles. The van der Waals surface area contributed by atoms with Crippen molar-refractivity contribution in [1.82, 2.24) is 20.0 Å². The van der Waals surface area contributed by atoms with Gasteiger partial charge in [0, 0.05) is 17.0 Å². The maximum absolute atomic E-state index is 11.8. The number of nitrogens with zero attached hydrogens (tertiary/aromatic N) is 4. The van der Waals surface area contributed by atoms with Crippen LogP contribution in [0.3, 0.4) is 0 Å². The minimum absolute atomic E-state index is 0.100. The number of nitrogens with one attached hydrogen (secondary N) is 1. The fourth-order valence-electron chi connectivity index (χ4n) is 1.79. The number of alkyl halides is 1. The number of furan rings is 1. The molecule has 0 amide bonds. The normalized spacial score (nSPS) is 11.0. The van der Waals surface area contributed by atoms with Crippen LogP contribution in [0.15, 0.2) is 30.7 Å². The predicted octanol–water partition coefficient (Wildman–Crippen LogP) is 2.03. The summed E-state index contributed by atoms with van der Waals surface area (Å²) in [4.78, 5) is 11.8. The molecule has 0 bridgehead atoms. The number of rotatable bonds is 6. The zero-order valence-corrected chi connectivity index (χ0v) is 13.9. The van der Waals surface area contributed by atoms with Crippen molar-refractivity contribution in [2.75, 3.05) is 16.3 Å². The van der Waals surface area contributed by atoms with Crippen molar-refractivity contribution >= 4 is 40.0 Å². The Kier molecular flexibility index (Phi) is 4.47. The molecule has 9 nitrogen and oxygen atoms in total. The van der Waals surface area contributed by atoms with Gasteiger partial charge in [-0.2, -0.15) is 0 Å². The van der Waals surface area contributed by atoms with E-state index in [0.29, 0.717) is 23.1 Å². The highest BCUT2D eigenvalue weighted by Crippen LogP contribution is 2.23. The Hall–Kier alpha value is -1.82. The van der Waals surface area contributed by atoms with Gasteiger partial charge in [0.2, 0.25) is 11.6 Å². The van der Waals surface area contributed by atoms with Gasteiger partial charge in [-0.1, -0.05) is 39.3 Å². The molecule has 0 saturated carbocycles.